The van der Waals surface area contributed by atoms with Crippen molar-refractivity contribution in [3.8, 4) is 0 Å². The number of nitrogens with one attached hydrogen (secondary N) is 1. The Hall–Kier alpha value is -1.28. The van der Waals surface area contributed by atoms with Crippen LogP contribution in [0.3, 0.4) is 0 Å². The predicted octanol–water partition coefficient (Wildman–Crippen LogP) is 4.91. The molecule has 2 rings (SSSR count). The zero-order valence-electron chi connectivity index (χ0n) is 12.3. The first kappa shape index (κ1) is 14.1. The first-order valence-corrected chi connectivity index (χ1v) is 7.49. The van der Waals surface area contributed by atoms with E-state index in [0.29, 0.717) is 6.04 Å². The van der Waals surface area contributed by atoms with E-state index >= 15 is 0 Å². The molecule has 2 nitrogen and oxygen atoms in total. The number of para-hydroxylation sites is 1. The molecule has 19 heavy (non-hydrogen) atoms. The minimum atomic E-state index is 0.401. The Balaban J connectivity index is 2.27. The number of hydrogen-bond acceptors (Lipinski definition) is 2. The van der Waals surface area contributed by atoms with Gasteiger partial charge in [0.25, 0.3) is 0 Å². The van der Waals surface area contributed by atoms with E-state index in [2.05, 4.69) is 38.2 Å². The van der Waals surface area contributed by atoms with Gasteiger partial charge < -0.3 is 9.73 Å². The molecule has 0 aliphatic heterocycles. The molecular weight excluding hydrogens is 234 g/mol. The monoisotopic (exact) mass is 259 g/mol. The summed E-state index contributed by atoms with van der Waals surface area (Å²) < 4.78 is 5.69. The van der Waals surface area contributed by atoms with Crippen LogP contribution in [0, 0.1) is 5.92 Å². The van der Waals surface area contributed by atoms with Crippen LogP contribution in [0.5, 0.6) is 0 Å². The summed E-state index contributed by atoms with van der Waals surface area (Å²) in [7, 11) is 0. The summed E-state index contributed by atoms with van der Waals surface area (Å²) >= 11 is 0. The van der Waals surface area contributed by atoms with Crippen LogP contribution in [-0.2, 0) is 0 Å². The van der Waals surface area contributed by atoms with E-state index in [0.717, 1.165) is 18.0 Å². The van der Waals surface area contributed by atoms with Gasteiger partial charge in [0.1, 0.15) is 5.58 Å². The maximum Gasteiger partial charge on any atom is 0.134 e. The van der Waals surface area contributed by atoms with Crippen LogP contribution >= 0.6 is 0 Å². The SMILES string of the molecule is CCNC(CC(CC)CC)c1coc2ccccc12. The third kappa shape index (κ3) is 3.19. The molecule has 2 aromatic rings. The Kier molecular flexibility index (Phi) is 5.03. The molecule has 1 aromatic heterocycles. The van der Waals surface area contributed by atoms with Gasteiger partial charge in [-0.15, -0.1) is 0 Å². The molecule has 0 aliphatic rings. The molecule has 0 bridgehead atoms. The smallest absolute Gasteiger partial charge is 0.134 e. The van der Waals surface area contributed by atoms with Crippen molar-refractivity contribution in [2.24, 2.45) is 5.92 Å². The quantitative estimate of drug-likeness (QED) is 0.764. The summed E-state index contributed by atoms with van der Waals surface area (Å²) in [5, 5.41) is 4.87. The van der Waals surface area contributed by atoms with Crippen molar-refractivity contribution in [2.45, 2.75) is 46.1 Å². The molecule has 104 valence electrons. The Morgan fingerprint density at radius 3 is 2.53 bits per heavy atom. The van der Waals surface area contributed by atoms with Crippen molar-refractivity contribution in [1.82, 2.24) is 5.32 Å². The van der Waals surface area contributed by atoms with Crippen molar-refractivity contribution in [2.75, 3.05) is 6.54 Å². The summed E-state index contributed by atoms with van der Waals surface area (Å²) in [5.41, 5.74) is 2.30. The highest BCUT2D eigenvalue weighted by Crippen LogP contribution is 2.31. The first-order chi connectivity index (χ1) is 9.30. The molecule has 0 radical (unpaired) electrons. The second-order valence-corrected chi connectivity index (χ2v) is 5.22. The Morgan fingerprint density at radius 2 is 1.84 bits per heavy atom. The molecule has 0 spiro atoms. The standard InChI is InChI=1S/C17H25NO/c1-4-13(5-2)11-16(18-6-3)15-12-19-17-10-8-7-9-14(15)17/h7-10,12-13,16,18H,4-6,11H2,1-3H3. The molecule has 0 fully saturated rings. The summed E-state index contributed by atoms with van der Waals surface area (Å²) in [6.45, 7) is 7.72. The Labute approximate surface area is 116 Å². The van der Waals surface area contributed by atoms with Crippen LogP contribution in [0.25, 0.3) is 11.0 Å². The summed E-state index contributed by atoms with van der Waals surface area (Å²) in [6.07, 6.45) is 5.60. The molecule has 1 atom stereocenters. The summed E-state index contributed by atoms with van der Waals surface area (Å²) in [4.78, 5) is 0. The summed E-state index contributed by atoms with van der Waals surface area (Å²) in [6, 6.07) is 8.71. The number of hydrogen-bond donors (Lipinski definition) is 1. The number of furan rings is 1. The zero-order chi connectivity index (χ0) is 13.7. The van der Waals surface area contributed by atoms with Gasteiger partial charge in [-0.1, -0.05) is 51.8 Å². The second kappa shape index (κ2) is 6.76. The van der Waals surface area contributed by atoms with Crippen LogP contribution in [0.15, 0.2) is 34.9 Å². The van der Waals surface area contributed by atoms with Gasteiger partial charge in [0.05, 0.1) is 6.26 Å². The summed E-state index contributed by atoms with van der Waals surface area (Å²) in [5.74, 6) is 0.776. The zero-order valence-corrected chi connectivity index (χ0v) is 12.3. The van der Waals surface area contributed by atoms with Crippen LogP contribution in [0.1, 0.15) is 51.6 Å². The highest BCUT2D eigenvalue weighted by atomic mass is 16.3. The molecule has 0 saturated heterocycles. The fourth-order valence-electron chi connectivity index (χ4n) is 2.79. The van der Waals surface area contributed by atoms with E-state index in [9.17, 15) is 0 Å². The van der Waals surface area contributed by atoms with Crippen molar-refractivity contribution in [1.29, 1.82) is 0 Å². The van der Waals surface area contributed by atoms with Crippen LogP contribution in [-0.4, -0.2) is 6.54 Å². The maximum atomic E-state index is 5.69. The minimum absolute atomic E-state index is 0.401. The normalized spacial score (nSPS) is 13.3. The van der Waals surface area contributed by atoms with Crippen LogP contribution < -0.4 is 5.32 Å². The Morgan fingerprint density at radius 1 is 1.11 bits per heavy atom. The van der Waals surface area contributed by atoms with E-state index in [-0.39, 0.29) is 0 Å². The van der Waals surface area contributed by atoms with E-state index in [1.165, 1.54) is 30.2 Å². The van der Waals surface area contributed by atoms with Crippen molar-refractivity contribution in [3.05, 3.63) is 36.1 Å². The lowest BCUT2D eigenvalue weighted by Gasteiger charge is -2.22. The number of rotatable bonds is 7. The van der Waals surface area contributed by atoms with Gasteiger partial charge in [-0.25, -0.2) is 0 Å². The average molecular weight is 259 g/mol. The fraction of sp³-hybridized carbons (Fsp3) is 0.529. The van der Waals surface area contributed by atoms with Gasteiger partial charge in [0.2, 0.25) is 0 Å². The van der Waals surface area contributed by atoms with Gasteiger partial charge in [0, 0.05) is 17.0 Å². The molecule has 0 saturated carbocycles. The lowest BCUT2D eigenvalue weighted by atomic mass is 9.91. The number of benzene rings is 1. The van der Waals surface area contributed by atoms with Gasteiger partial charge in [-0.2, -0.15) is 0 Å². The average Bonchev–Trinajstić information content (AvgIpc) is 2.87. The molecule has 0 aliphatic carbocycles. The van der Waals surface area contributed by atoms with Gasteiger partial charge in [-0.3, -0.25) is 0 Å². The molecule has 1 N–H and O–H groups in total. The van der Waals surface area contributed by atoms with Crippen LogP contribution in [0.2, 0.25) is 0 Å². The number of fused-ring (bicyclic) bond motifs is 1. The third-order valence-corrected chi connectivity index (χ3v) is 4.06. The molecule has 1 unspecified atom stereocenters. The molecule has 2 heteroatoms. The predicted molar refractivity (Wildman–Crippen MR) is 81.3 cm³/mol. The van der Waals surface area contributed by atoms with E-state index in [1.54, 1.807) is 0 Å². The first-order valence-electron chi connectivity index (χ1n) is 7.49. The fourth-order valence-corrected chi connectivity index (χ4v) is 2.79. The Bertz CT molecular complexity index is 499. The van der Waals surface area contributed by atoms with Gasteiger partial charge >= 0.3 is 0 Å². The highest BCUT2D eigenvalue weighted by molar-refractivity contribution is 5.81. The highest BCUT2D eigenvalue weighted by Gasteiger charge is 2.19. The van der Waals surface area contributed by atoms with Gasteiger partial charge in [-0.05, 0) is 24.9 Å². The second-order valence-electron chi connectivity index (χ2n) is 5.22. The molecule has 1 aromatic carbocycles. The molecule has 1 heterocycles. The van der Waals surface area contributed by atoms with Crippen molar-refractivity contribution < 1.29 is 4.42 Å². The van der Waals surface area contributed by atoms with Crippen LogP contribution in [0.4, 0.5) is 0 Å². The van der Waals surface area contributed by atoms with Crippen molar-refractivity contribution >= 4 is 11.0 Å². The van der Waals surface area contributed by atoms with E-state index < -0.39 is 0 Å². The molecule has 0 amide bonds. The minimum Gasteiger partial charge on any atom is -0.464 e. The van der Waals surface area contributed by atoms with Gasteiger partial charge in [0.15, 0.2) is 0 Å². The lowest BCUT2D eigenvalue weighted by Crippen LogP contribution is -2.23. The molecular formula is C17H25NO. The maximum absolute atomic E-state index is 5.69. The van der Waals surface area contributed by atoms with E-state index in [1.807, 2.05) is 18.4 Å². The third-order valence-electron chi connectivity index (χ3n) is 4.06. The lowest BCUT2D eigenvalue weighted by molar-refractivity contribution is 0.375. The largest absolute Gasteiger partial charge is 0.464 e. The van der Waals surface area contributed by atoms with E-state index in [4.69, 9.17) is 4.42 Å². The van der Waals surface area contributed by atoms with Crippen molar-refractivity contribution in [3.63, 3.8) is 0 Å². The topological polar surface area (TPSA) is 25.2 Å².